The molecule has 0 aliphatic carbocycles. The molecule has 0 rings (SSSR count). The number of hydrogen-bond donors (Lipinski definition) is 2. The zero-order valence-corrected chi connectivity index (χ0v) is 4.64. The van der Waals surface area contributed by atoms with Crippen molar-refractivity contribution >= 4 is 17.7 Å². The molecule has 0 atom stereocenters. The van der Waals surface area contributed by atoms with Gasteiger partial charge in [0.2, 0.25) is 0 Å². The van der Waals surface area contributed by atoms with Crippen molar-refractivity contribution in [1.82, 2.24) is 0 Å². The van der Waals surface area contributed by atoms with Gasteiger partial charge in [-0.3, -0.25) is 4.79 Å². The van der Waals surface area contributed by atoms with Crippen molar-refractivity contribution in [3.8, 4) is 6.26 Å². The molecule has 1 N–H and O–H groups in total. The van der Waals surface area contributed by atoms with Gasteiger partial charge in [-0.25, -0.2) is 0 Å². The third-order valence-electron chi connectivity index (χ3n) is 0. The van der Waals surface area contributed by atoms with Gasteiger partial charge in [0.25, 0.3) is 6.26 Å². The average Bonchev–Trinajstić information content (AvgIpc) is 1.33. The van der Waals surface area contributed by atoms with Crippen molar-refractivity contribution in [2.45, 2.75) is 6.92 Å². The molecule has 3 nitrogen and oxygen atoms in total. The molecule has 0 aliphatic rings. The fourth-order valence-electron chi connectivity index (χ4n) is 0. The molecule has 0 aromatic rings. The van der Waals surface area contributed by atoms with Gasteiger partial charge in [-0.05, 0) is 0 Å². The van der Waals surface area contributed by atoms with Crippen LogP contribution in [0.2, 0.25) is 0 Å². The summed E-state index contributed by atoms with van der Waals surface area (Å²) in [5.74, 6) is 0. The number of hydrogen-bond acceptors (Lipinski definition) is 3. The predicted octanol–water partition coefficient (Wildman–Crippen LogP) is 0.303. The number of aliphatic hydroxyl groups excluding tert-OH is 1. The fourth-order valence-corrected chi connectivity index (χ4v) is 0. The van der Waals surface area contributed by atoms with Crippen LogP contribution < -0.4 is 0 Å². The number of carbonyl (C=O) groups excluding carboxylic acids is 1. The van der Waals surface area contributed by atoms with E-state index in [2.05, 4.69) is 12.6 Å². The number of thiol groups is 1. The van der Waals surface area contributed by atoms with Crippen LogP contribution in [0.25, 0.3) is 0 Å². The van der Waals surface area contributed by atoms with Crippen LogP contribution in [0.15, 0.2) is 0 Å². The van der Waals surface area contributed by atoms with Crippen molar-refractivity contribution in [2.24, 2.45) is 0 Å². The van der Waals surface area contributed by atoms with E-state index in [9.17, 15) is 4.79 Å². The number of nitriles is 1. The first-order valence-electron chi connectivity index (χ1n) is 1.37. The minimum Gasteiger partial charge on any atom is -0.443 e. The second kappa shape index (κ2) is 9.00. The molecule has 0 saturated heterocycles. The van der Waals surface area contributed by atoms with Crippen molar-refractivity contribution < 1.29 is 9.90 Å². The standard InChI is InChI=1S/C2H4OS.CHNO/c1-2(3)4;2-1-3/h1H3,(H,3,4);3H. The Bertz CT molecular complexity index is 81.4. The first-order chi connectivity index (χ1) is 3.15. The van der Waals surface area contributed by atoms with Crippen LogP contribution in [-0.4, -0.2) is 10.2 Å². The van der Waals surface area contributed by atoms with Gasteiger partial charge >= 0.3 is 0 Å². The Morgan fingerprint density at radius 2 is 2.00 bits per heavy atom. The largest absolute Gasteiger partial charge is 0.443 e. The highest BCUT2D eigenvalue weighted by Gasteiger charge is 1.63. The first kappa shape index (κ1) is 9.58. The monoisotopic (exact) mass is 119 g/mol. The Morgan fingerprint density at radius 3 is 2.00 bits per heavy atom. The summed E-state index contributed by atoms with van der Waals surface area (Å²) >= 11 is 3.33. The maximum atomic E-state index is 9.31. The highest BCUT2D eigenvalue weighted by Crippen LogP contribution is 1.66. The molecule has 0 aromatic carbocycles. The molecule has 7 heavy (non-hydrogen) atoms. The molecule has 0 bridgehead atoms. The zero-order valence-electron chi connectivity index (χ0n) is 3.75. The van der Waals surface area contributed by atoms with E-state index in [1.165, 1.54) is 6.92 Å². The summed E-state index contributed by atoms with van der Waals surface area (Å²) in [5.41, 5.74) is 0. The predicted molar refractivity (Wildman–Crippen MR) is 27.2 cm³/mol. The van der Waals surface area contributed by atoms with E-state index in [0.717, 1.165) is 6.26 Å². The highest BCUT2D eigenvalue weighted by atomic mass is 32.1. The SMILES string of the molecule is CC(=O)S.N#CO. The van der Waals surface area contributed by atoms with Crippen molar-refractivity contribution in [3.05, 3.63) is 0 Å². The Hall–Kier alpha value is -0.690. The molecule has 0 radical (unpaired) electrons. The second-order valence-electron chi connectivity index (χ2n) is 0.619. The van der Waals surface area contributed by atoms with E-state index >= 15 is 0 Å². The maximum absolute atomic E-state index is 9.31. The average molecular weight is 119 g/mol. The summed E-state index contributed by atoms with van der Waals surface area (Å²) in [5, 5.41) is 13.6. The van der Waals surface area contributed by atoms with Crippen molar-refractivity contribution in [1.29, 1.82) is 5.26 Å². The van der Waals surface area contributed by atoms with Crippen LogP contribution in [-0.2, 0) is 4.79 Å². The van der Waals surface area contributed by atoms with Crippen molar-refractivity contribution in [3.63, 3.8) is 0 Å². The summed E-state index contributed by atoms with van der Waals surface area (Å²) in [6.07, 6.45) is 0.750. The molecule has 0 amide bonds. The lowest BCUT2D eigenvalue weighted by atomic mass is 10.9. The summed E-state index contributed by atoms with van der Waals surface area (Å²) in [6.45, 7) is 1.39. The lowest BCUT2D eigenvalue weighted by molar-refractivity contribution is -0.108. The number of carbonyl (C=O) groups is 1. The Labute approximate surface area is 47.0 Å². The molecular formula is C3H5NO2S. The number of nitrogens with zero attached hydrogens (tertiary/aromatic N) is 1. The van der Waals surface area contributed by atoms with Crippen LogP contribution in [0.3, 0.4) is 0 Å². The number of aliphatic hydroxyl groups is 1. The van der Waals surface area contributed by atoms with Gasteiger partial charge in [0, 0.05) is 6.92 Å². The van der Waals surface area contributed by atoms with Gasteiger partial charge in [-0.15, -0.1) is 12.6 Å². The van der Waals surface area contributed by atoms with Gasteiger partial charge in [0.15, 0.2) is 5.12 Å². The van der Waals surface area contributed by atoms with E-state index < -0.39 is 0 Å². The smallest absolute Gasteiger partial charge is 0.283 e. The van der Waals surface area contributed by atoms with Crippen LogP contribution in [0.1, 0.15) is 6.92 Å². The van der Waals surface area contributed by atoms with E-state index in [0.29, 0.717) is 0 Å². The van der Waals surface area contributed by atoms with Crippen LogP contribution in [0, 0.1) is 11.5 Å². The minimum absolute atomic E-state index is 0.139. The molecule has 0 spiro atoms. The first-order valence-corrected chi connectivity index (χ1v) is 1.82. The minimum atomic E-state index is -0.139. The summed E-state index contributed by atoms with van der Waals surface area (Å²) in [6, 6.07) is 0. The molecule has 0 heterocycles. The van der Waals surface area contributed by atoms with Gasteiger partial charge in [0.05, 0.1) is 0 Å². The number of rotatable bonds is 0. The molecule has 0 aromatic heterocycles. The molecule has 0 fully saturated rings. The Morgan fingerprint density at radius 1 is 2.00 bits per heavy atom. The van der Waals surface area contributed by atoms with Crippen LogP contribution >= 0.6 is 12.6 Å². The van der Waals surface area contributed by atoms with E-state index in [1.807, 2.05) is 0 Å². The maximum Gasteiger partial charge on any atom is 0.283 e. The van der Waals surface area contributed by atoms with E-state index in [1.54, 1.807) is 0 Å². The highest BCUT2D eigenvalue weighted by molar-refractivity contribution is 7.96. The van der Waals surface area contributed by atoms with Gasteiger partial charge in [0.1, 0.15) is 0 Å². The third-order valence-corrected chi connectivity index (χ3v) is 0. The molecule has 0 aliphatic heterocycles. The van der Waals surface area contributed by atoms with Gasteiger partial charge < -0.3 is 5.11 Å². The second-order valence-corrected chi connectivity index (χ2v) is 1.25. The summed E-state index contributed by atoms with van der Waals surface area (Å²) < 4.78 is 0. The Balaban J connectivity index is 0. The summed E-state index contributed by atoms with van der Waals surface area (Å²) in [7, 11) is 0. The fraction of sp³-hybridized carbons (Fsp3) is 0.333. The van der Waals surface area contributed by atoms with Gasteiger partial charge in [-0.2, -0.15) is 5.26 Å². The van der Waals surface area contributed by atoms with Crippen molar-refractivity contribution in [2.75, 3.05) is 0 Å². The van der Waals surface area contributed by atoms with E-state index in [4.69, 9.17) is 10.4 Å². The quantitative estimate of drug-likeness (QED) is 0.356. The Kier molecular flexibility index (Phi) is 12.3. The topological polar surface area (TPSA) is 61.1 Å². The summed E-state index contributed by atoms with van der Waals surface area (Å²) in [4.78, 5) is 9.31. The zero-order chi connectivity index (χ0) is 6.28. The van der Waals surface area contributed by atoms with Crippen LogP contribution in [0.5, 0.6) is 0 Å². The van der Waals surface area contributed by atoms with Crippen LogP contribution in [0.4, 0.5) is 0 Å². The molecular weight excluding hydrogens is 114 g/mol. The molecule has 0 unspecified atom stereocenters. The molecule has 40 valence electrons. The lowest BCUT2D eigenvalue weighted by Gasteiger charge is -1.55. The lowest BCUT2D eigenvalue weighted by Crippen LogP contribution is -1.62. The van der Waals surface area contributed by atoms with E-state index in [-0.39, 0.29) is 5.12 Å². The molecule has 0 saturated carbocycles. The molecule has 4 heteroatoms. The normalized spacial score (nSPS) is 4.71. The third kappa shape index (κ3) is 122. The van der Waals surface area contributed by atoms with Gasteiger partial charge in [-0.1, -0.05) is 0 Å².